The maximum Gasteiger partial charge on any atom is 0.334 e. The Morgan fingerprint density at radius 2 is 2.47 bits per heavy atom. The summed E-state index contributed by atoms with van der Waals surface area (Å²) in [6, 6.07) is 0. The van der Waals surface area contributed by atoms with E-state index in [4.69, 9.17) is 5.11 Å². The lowest BCUT2D eigenvalue weighted by molar-refractivity contribution is -0.384. The van der Waals surface area contributed by atoms with Crippen molar-refractivity contribution in [2.75, 3.05) is 19.0 Å². The van der Waals surface area contributed by atoms with Gasteiger partial charge in [-0.05, 0) is 0 Å². The molecule has 0 aliphatic carbocycles. The minimum atomic E-state index is -1.15. The third kappa shape index (κ3) is 3.14. The zero-order valence-electron chi connectivity index (χ0n) is 9.28. The van der Waals surface area contributed by atoms with Crippen molar-refractivity contribution in [1.29, 1.82) is 0 Å². The van der Waals surface area contributed by atoms with Gasteiger partial charge in [0.1, 0.15) is 6.20 Å². The van der Waals surface area contributed by atoms with Gasteiger partial charge in [-0.1, -0.05) is 0 Å². The van der Waals surface area contributed by atoms with Crippen molar-refractivity contribution in [3.63, 3.8) is 0 Å². The molecule has 9 heteroatoms. The van der Waals surface area contributed by atoms with Crippen LogP contribution in [0, 0.1) is 10.1 Å². The van der Waals surface area contributed by atoms with Crippen molar-refractivity contribution in [3.05, 3.63) is 16.3 Å². The number of aliphatic carboxylic acids is 1. The summed E-state index contributed by atoms with van der Waals surface area (Å²) in [6.45, 7) is -0.107. The Balaban J connectivity index is 2.74. The molecule has 1 atom stereocenters. The maximum atomic E-state index is 10.7. The summed E-state index contributed by atoms with van der Waals surface area (Å²) in [5.74, 6) is -1.14. The Bertz CT molecular complexity index is 430. The van der Waals surface area contributed by atoms with Gasteiger partial charge in [0.2, 0.25) is 5.82 Å². The van der Waals surface area contributed by atoms with Crippen molar-refractivity contribution in [2.24, 2.45) is 7.05 Å². The predicted octanol–water partition coefficient (Wildman–Crippen LogP) is -0.160. The van der Waals surface area contributed by atoms with Crippen LogP contribution in [0.5, 0.6) is 0 Å². The number of carboxylic acid groups (broad SMARTS) is 1. The van der Waals surface area contributed by atoms with Crippen LogP contribution in [0.25, 0.3) is 0 Å². The van der Waals surface area contributed by atoms with E-state index < -0.39 is 17.0 Å². The number of nitrogens with zero attached hydrogens (tertiary/aromatic N) is 3. The Morgan fingerprint density at radius 1 is 1.82 bits per heavy atom. The quantitative estimate of drug-likeness (QED) is 0.527. The summed E-state index contributed by atoms with van der Waals surface area (Å²) in [4.78, 5) is 20.7. The Kier molecular flexibility index (Phi) is 3.99. The number of ether oxygens (including phenoxy) is 1. The van der Waals surface area contributed by atoms with Crippen LogP contribution in [0.1, 0.15) is 0 Å². The average molecular weight is 244 g/mol. The molecule has 0 amide bonds. The molecule has 2 N–H and O–H groups in total. The molecule has 0 saturated heterocycles. The summed E-state index contributed by atoms with van der Waals surface area (Å²) in [5, 5.41) is 25.7. The van der Waals surface area contributed by atoms with Crippen LogP contribution in [0.15, 0.2) is 6.20 Å². The first-order valence-electron chi connectivity index (χ1n) is 4.63. The van der Waals surface area contributed by atoms with Crippen molar-refractivity contribution in [3.8, 4) is 0 Å². The first-order chi connectivity index (χ1) is 7.95. The monoisotopic (exact) mass is 244 g/mol. The number of carboxylic acids is 1. The van der Waals surface area contributed by atoms with Gasteiger partial charge in [-0.2, -0.15) is 0 Å². The zero-order chi connectivity index (χ0) is 13.0. The summed E-state index contributed by atoms with van der Waals surface area (Å²) in [5.41, 5.74) is -0.215. The Morgan fingerprint density at radius 3 is 2.94 bits per heavy atom. The SMILES string of the molecule is COC(CNc1nn(C)cc1[N+](=O)[O-])C(=O)O. The molecule has 0 aliphatic heterocycles. The molecule has 1 aromatic rings. The van der Waals surface area contributed by atoms with Crippen molar-refractivity contribution in [1.82, 2.24) is 9.78 Å². The summed E-state index contributed by atoms with van der Waals surface area (Å²) >= 11 is 0. The molecule has 1 unspecified atom stereocenters. The lowest BCUT2D eigenvalue weighted by Gasteiger charge is -2.10. The second-order valence-corrected chi connectivity index (χ2v) is 3.24. The molecule has 0 aromatic carbocycles. The molecule has 0 fully saturated rings. The van der Waals surface area contributed by atoms with Crippen LogP contribution in [0.3, 0.4) is 0 Å². The number of nitro groups is 1. The van der Waals surface area contributed by atoms with Gasteiger partial charge < -0.3 is 15.2 Å². The van der Waals surface area contributed by atoms with Gasteiger partial charge >= 0.3 is 11.7 Å². The van der Waals surface area contributed by atoms with Crippen LogP contribution in [-0.2, 0) is 16.6 Å². The molecule has 94 valence electrons. The van der Waals surface area contributed by atoms with Gasteiger partial charge in [-0.25, -0.2) is 4.79 Å². The highest BCUT2D eigenvalue weighted by molar-refractivity contribution is 5.73. The van der Waals surface area contributed by atoms with Crippen LogP contribution in [0.4, 0.5) is 11.5 Å². The van der Waals surface area contributed by atoms with Gasteiger partial charge in [-0.3, -0.25) is 14.8 Å². The predicted molar refractivity (Wildman–Crippen MR) is 56.8 cm³/mol. The van der Waals surface area contributed by atoms with E-state index >= 15 is 0 Å². The maximum absolute atomic E-state index is 10.7. The molecule has 0 aliphatic rings. The van der Waals surface area contributed by atoms with E-state index in [9.17, 15) is 14.9 Å². The third-order valence-corrected chi connectivity index (χ3v) is 2.02. The van der Waals surface area contributed by atoms with E-state index in [1.807, 2.05) is 0 Å². The van der Waals surface area contributed by atoms with Crippen molar-refractivity contribution >= 4 is 17.5 Å². The number of rotatable bonds is 6. The standard InChI is InChI=1S/C8H12N4O5/c1-11-4-5(12(15)16)7(10-11)9-3-6(17-2)8(13)14/h4,6H,3H2,1-2H3,(H,9,10)(H,13,14). The van der Waals surface area contributed by atoms with Gasteiger partial charge in [0.25, 0.3) is 0 Å². The van der Waals surface area contributed by atoms with Gasteiger partial charge in [0, 0.05) is 14.2 Å². The number of nitrogens with one attached hydrogen (secondary N) is 1. The molecule has 0 spiro atoms. The second kappa shape index (κ2) is 5.25. The van der Waals surface area contributed by atoms with Gasteiger partial charge in [0.15, 0.2) is 6.10 Å². The average Bonchev–Trinajstić information content (AvgIpc) is 2.60. The fraction of sp³-hybridized carbons (Fsp3) is 0.500. The first kappa shape index (κ1) is 12.9. The molecule has 1 heterocycles. The molecule has 0 bridgehead atoms. The minimum absolute atomic E-state index is 0.0146. The molecule has 0 radical (unpaired) electrons. The molecular weight excluding hydrogens is 232 g/mol. The lowest BCUT2D eigenvalue weighted by atomic mass is 10.3. The minimum Gasteiger partial charge on any atom is -0.479 e. The van der Waals surface area contributed by atoms with Gasteiger partial charge in [-0.15, -0.1) is 5.10 Å². The van der Waals surface area contributed by atoms with Crippen LogP contribution < -0.4 is 5.32 Å². The van der Waals surface area contributed by atoms with E-state index in [0.717, 1.165) is 0 Å². The van der Waals surface area contributed by atoms with Crippen molar-refractivity contribution in [2.45, 2.75) is 6.10 Å². The largest absolute Gasteiger partial charge is 0.479 e. The zero-order valence-corrected chi connectivity index (χ0v) is 9.28. The fourth-order valence-electron chi connectivity index (χ4n) is 1.20. The number of methoxy groups -OCH3 is 1. The summed E-state index contributed by atoms with van der Waals surface area (Å²) in [7, 11) is 2.77. The number of carbonyl (C=O) groups is 1. The number of anilines is 1. The normalized spacial score (nSPS) is 12.1. The van der Waals surface area contributed by atoms with Crippen LogP contribution in [0.2, 0.25) is 0 Å². The molecule has 9 nitrogen and oxygen atoms in total. The third-order valence-electron chi connectivity index (χ3n) is 2.02. The molecular formula is C8H12N4O5. The van der Waals surface area contributed by atoms with Gasteiger partial charge in [0.05, 0.1) is 11.5 Å². The lowest BCUT2D eigenvalue weighted by Crippen LogP contribution is -2.30. The fourth-order valence-corrected chi connectivity index (χ4v) is 1.20. The Labute approximate surface area is 96.1 Å². The van der Waals surface area contributed by atoms with Crippen LogP contribution >= 0.6 is 0 Å². The van der Waals surface area contributed by atoms with E-state index in [2.05, 4.69) is 15.2 Å². The van der Waals surface area contributed by atoms with E-state index in [1.54, 1.807) is 0 Å². The number of aromatic nitrogens is 2. The van der Waals surface area contributed by atoms with Crippen LogP contribution in [-0.4, -0.2) is 45.5 Å². The highest BCUT2D eigenvalue weighted by atomic mass is 16.6. The van der Waals surface area contributed by atoms with E-state index in [1.165, 1.54) is 25.0 Å². The topological polar surface area (TPSA) is 120 Å². The molecule has 1 rings (SSSR count). The summed E-state index contributed by atoms with van der Waals surface area (Å²) < 4.78 is 5.94. The smallest absolute Gasteiger partial charge is 0.334 e. The second-order valence-electron chi connectivity index (χ2n) is 3.24. The molecule has 17 heavy (non-hydrogen) atoms. The molecule has 1 aromatic heterocycles. The van der Waals surface area contributed by atoms with Crippen molar-refractivity contribution < 1.29 is 19.6 Å². The first-order valence-corrected chi connectivity index (χ1v) is 4.63. The highest BCUT2D eigenvalue weighted by Gasteiger charge is 2.21. The van der Waals surface area contributed by atoms with E-state index in [0.29, 0.717) is 0 Å². The number of hydrogen-bond donors (Lipinski definition) is 2. The molecule has 0 saturated carbocycles. The number of aryl methyl sites for hydroxylation is 1. The Hall–Kier alpha value is -2.16. The van der Waals surface area contributed by atoms with E-state index in [-0.39, 0.29) is 18.1 Å². The summed E-state index contributed by atoms with van der Waals surface area (Å²) in [6.07, 6.45) is 0.141. The number of hydrogen-bond acceptors (Lipinski definition) is 6. The highest BCUT2D eigenvalue weighted by Crippen LogP contribution is 2.21.